The summed E-state index contributed by atoms with van der Waals surface area (Å²) in [6, 6.07) is 48.5. The second kappa shape index (κ2) is 9.04. The lowest BCUT2D eigenvalue weighted by Gasteiger charge is -2.25. The summed E-state index contributed by atoms with van der Waals surface area (Å²) < 4.78 is 8.62. The number of para-hydroxylation sites is 3. The van der Waals surface area contributed by atoms with Gasteiger partial charge < -0.3 is 13.9 Å². The minimum absolute atomic E-state index is 0.701. The topological polar surface area (TPSA) is 21.3 Å². The Hall–Kier alpha value is -4.99. The standard InChI is InChI=1S/C36H23ClN2O/c37-24-15-20-35-32(21-24)31-19-17-28(23-36(31)40-35)38(25-9-3-1-4-10-25)27-16-18-30-29-13-7-8-14-33(29)39(34(30)22-27)26-11-5-2-6-12-26/h1-23H. The SMILES string of the molecule is Clc1ccc2oc3cc(N(c4ccccc4)c4ccc5c6ccccc6n(-c6ccccc6)c5c4)ccc3c2c1. The number of furan rings is 1. The van der Waals surface area contributed by atoms with Crippen LogP contribution in [0.2, 0.25) is 5.02 Å². The van der Waals surface area contributed by atoms with Crippen LogP contribution in [0.15, 0.2) is 144 Å². The number of anilines is 3. The quantitative estimate of drug-likeness (QED) is 0.224. The van der Waals surface area contributed by atoms with E-state index in [-0.39, 0.29) is 0 Å². The molecular weight excluding hydrogens is 512 g/mol. The molecule has 6 aromatic carbocycles. The number of hydrogen-bond donors (Lipinski definition) is 0. The molecular formula is C36H23ClN2O. The van der Waals surface area contributed by atoms with Crippen LogP contribution in [0.25, 0.3) is 49.4 Å². The van der Waals surface area contributed by atoms with Crippen molar-refractivity contribution in [3.8, 4) is 5.69 Å². The van der Waals surface area contributed by atoms with Gasteiger partial charge in [-0.3, -0.25) is 0 Å². The zero-order valence-electron chi connectivity index (χ0n) is 21.5. The fraction of sp³-hybridized carbons (Fsp3) is 0. The molecule has 0 aliphatic heterocycles. The molecule has 3 nitrogen and oxygen atoms in total. The lowest BCUT2D eigenvalue weighted by atomic mass is 10.1. The van der Waals surface area contributed by atoms with Crippen molar-refractivity contribution in [1.29, 1.82) is 0 Å². The van der Waals surface area contributed by atoms with Crippen molar-refractivity contribution < 1.29 is 4.42 Å². The number of rotatable bonds is 4. The molecule has 2 heterocycles. The number of fused-ring (bicyclic) bond motifs is 6. The Morgan fingerprint density at radius 3 is 1.98 bits per heavy atom. The van der Waals surface area contributed by atoms with Crippen LogP contribution in [0.1, 0.15) is 0 Å². The van der Waals surface area contributed by atoms with E-state index in [1.807, 2.05) is 24.3 Å². The molecule has 0 aliphatic carbocycles. The third-order valence-electron chi connectivity index (χ3n) is 7.62. The van der Waals surface area contributed by atoms with E-state index in [2.05, 4.69) is 125 Å². The molecule has 0 fully saturated rings. The molecule has 0 N–H and O–H groups in total. The molecule has 8 rings (SSSR count). The van der Waals surface area contributed by atoms with Crippen molar-refractivity contribution in [2.75, 3.05) is 4.90 Å². The Morgan fingerprint density at radius 2 is 1.15 bits per heavy atom. The average Bonchev–Trinajstić information content (AvgIpc) is 3.53. The Bertz CT molecular complexity index is 2180. The summed E-state index contributed by atoms with van der Waals surface area (Å²) in [7, 11) is 0. The van der Waals surface area contributed by atoms with Crippen molar-refractivity contribution in [2.24, 2.45) is 0 Å². The van der Waals surface area contributed by atoms with Crippen molar-refractivity contribution in [3.63, 3.8) is 0 Å². The van der Waals surface area contributed by atoms with Crippen LogP contribution in [0.4, 0.5) is 17.1 Å². The Balaban J connectivity index is 1.38. The molecule has 2 aromatic heterocycles. The van der Waals surface area contributed by atoms with Crippen LogP contribution in [0, 0.1) is 0 Å². The highest BCUT2D eigenvalue weighted by Crippen LogP contribution is 2.41. The molecule has 8 aromatic rings. The molecule has 0 unspecified atom stereocenters. The Labute approximate surface area is 236 Å². The van der Waals surface area contributed by atoms with Gasteiger partial charge in [-0.1, -0.05) is 72.3 Å². The van der Waals surface area contributed by atoms with Crippen molar-refractivity contribution >= 4 is 72.4 Å². The molecule has 190 valence electrons. The summed E-state index contributed by atoms with van der Waals surface area (Å²) in [4.78, 5) is 2.28. The number of halogens is 1. The smallest absolute Gasteiger partial charge is 0.137 e. The fourth-order valence-electron chi connectivity index (χ4n) is 5.85. The molecule has 0 saturated heterocycles. The van der Waals surface area contributed by atoms with Gasteiger partial charge in [0.25, 0.3) is 0 Å². The molecule has 0 spiro atoms. The number of aromatic nitrogens is 1. The van der Waals surface area contributed by atoms with Gasteiger partial charge in [-0.15, -0.1) is 0 Å². The lowest BCUT2D eigenvalue weighted by molar-refractivity contribution is 0.669. The highest BCUT2D eigenvalue weighted by molar-refractivity contribution is 6.31. The largest absolute Gasteiger partial charge is 0.456 e. The first-order valence-corrected chi connectivity index (χ1v) is 13.7. The van der Waals surface area contributed by atoms with Gasteiger partial charge in [0.1, 0.15) is 11.2 Å². The summed E-state index contributed by atoms with van der Waals surface area (Å²) in [6.07, 6.45) is 0. The first-order valence-electron chi connectivity index (χ1n) is 13.3. The number of nitrogens with zero attached hydrogens (tertiary/aromatic N) is 2. The van der Waals surface area contributed by atoms with Gasteiger partial charge in [0.15, 0.2) is 0 Å². The van der Waals surface area contributed by atoms with E-state index < -0.39 is 0 Å². The van der Waals surface area contributed by atoms with E-state index in [9.17, 15) is 0 Å². The molecule has 40 heavy (non-hydrogen) atoms. The first kappa shape index (κ1) is 22.9. The Kier molecular flexibility index (Phi) is 5.19. The maximum absolute atomic E-state index is 6.30. The third-order valence-corrected chi connectivity index (χ3v) is 7.85. The minimum atomic E-state index is 0.701. The monoisotopic (exact) mass is 534 g/mol. The second-order valence-corrected chi connectivity index (χ2v) is 10.4. The van der Waals surface area contributed by atoms with Crippen molar-refractivity contribution in [3.05, 3.63) is 145 Å². The van der Waals surface area contributed by atoms with Gasteiger partial charge in [0.2, 0.25) is 0 Å². The van der Waals surface area contributed by atoms with Gasteiger partial charge in [0, 0.05) is 55.4 Å². The van der Waals surface area contributed by atoms with Gasteiger partial charge in [-0.05, 0) is 72.8 Å². The predicted octanol–water partition coefficient (Wildman–Crippen LogP) is 10.8. The minimum Gasteiger partial charge on any atom is -0.456 e. The van der Waals surface area contributed by atoms with Crippen LogP contribution in [-0.4, -0.2) is 4.57 Å². The second-order valence-electron chi connectivity index (χ2n) is 9.98. The summed E-state index contributed by atoms with van der Waals surface area (Å²) in [5.74, 6) is 0. The molecule has 0 aliphatic rings. The zero-order chi connectivity index (χ0) is 26.6. The maximum Gasteiger partial charge on any atom is 0.137 e. The molecule has 0 radical (unpaired) electrons. The van der Waals surface area contributed by atoms with E-state index in [1.54, 1.807) is 0 Å². The van der Waals surface area contributed by atoms with Crippen LogP contribution >= 0.6 is 11.6 Å². The van der Waals surface area contributed by atoms with Gasteiger partial charge in [0.05, 0.1) is 11.0 Å². The fourth-order valence-corrected chi connectivity index (χ4v) is 6.03. The average molecular weight is 535 g/mol. The number of benzene rings is 6. The van der Waals surface area contributed by atoms with Crippen LogP contribution in [0.5, 0.6) is 0 Å². The van der Waals surface area contributed by atoms with Crippen LogP contribution in [0.3, 0.4) is 0 Å². The zero-order valence-corrected chi connectivity index (χ0v) is 22.2. The first-order chi connectivity index (χ1) is 19.7. The number of hydrogen-bond acceptors (Lipinski definition) is 2. The summed E-state index contributed by atoms with van der Waals surface area (Å²) in [5.41, 5.74) is 8.30. The van der Waals surface area contributed by atoms with Crippen molar-refractivity contribution in [2.45, 2.75) is 0 Å². The van der Waals surface area contributed by atoms with E-state index in [1.165, 1.54) is 16.3 Å². The lowest BCUT2D eigenvalue weighted by Crippen LogP contribution is -2.09. The molecule has 0 amide bonds. The highest BCUT2D eigenvalue weighted by atomic mass is 35.5. The van der Waals surface area contributed by atoms with Crippen LogP contribution < -0.4 is 4.90 Å². The normalized spacial score (nSPS) is 11.6. The molecule has 0 atom stereocenters. The van der Waals surface area contributed by atoms with Gasteiger partial charge in [-0.2, -0.15) is 0 Å². The summed E-state index contributed by atoms with van der Waals surface area (Å²) in [6.45, 7) is 0. The molecule has 0 bridgehead atoms. The van der Waals surface area contributed by atoms with Gasteiger partial charge >= 0.3 is 0 Å². The van der Waals surface area contributed by atoms with E-state index in [0.717, 1.165) is 50.2 Å². The van der Waals surface area contributed by atoms with Crippen molar-refractivity contribution in [1.82, 2.24) is 4.57 Å². The summed E-state index contributed by atoms with van der Waals surface area (Å²) in [5, 5.41) is 5.23. The predicted molar refractivity (Wildman–Crippen MR) is 168 cm³/mol. The van der Waals surface area contributed by atoms with Gasteiger partial charge in [-0.25, -0.2) is 0 Å². The molecule has 4 heteroatoms. The molecule has 0 saturated carbocycles. The highest BCUT2D eigenvalue weighted by Gasteiger charge is 2.18. The third kappa shape index (κ3) is 3.59. The van der Waals surface area contributed by atoms with E-state index >= 15 is 0 Å². The maximum atomic E-state index is 6.30. The van der Waals surface area contributed by atoms with Crippen LogP contribution in [-0.2, 0) is 0 Å². The summed E-state index contributed by atoms with van der Waals surface area (Å²) >= 11 is 6.30. The van der Waals surface area contributed by atoms with E-state index in [0.29, 0.717) is 5.02 Å². The van der Waals surface area contributed by atoms with E-state index in [4.69, 9.17) is 16.0 Å². The Morgan fingerprint density at radius 1 is 0.475 bits per heavy atom.